The second-order valence-electron chi connectivity index (χ2n) is 5.81. The number of carboxylic acids is 1. The number of methoxy groups -OCH3 is 1. The van der Waals surface area contributed by atoms with Crippen LogP contribution in [0.5, 0.6) is 11.5 Å². The van der Waals surface area contributed by atoms with Crippen molar-refractivity contribution in [1.29, 1.82) is 0 Å². The number of carbonyl (C=O) groups is 2. The first-order chi connectivity index (χ1) is 13.0. The third kappa shape index (κ3) is 6.29. The number of ether oxygens (including phenoxy) is 2. The average molecular weight is 375 g/mol. The standard InChI is InChI=1S/C20H22FNO5/c1-26-18-13-15(20(24)25)9-8-14(18)10-11-22-19(23)7-4-12-27-17-6-3-2-5-16(17)21/h2-3,5-6,8-9,13H,4,7,10-12H2,1H3,(H,22,23)(H,24,25). The fraction of sp³-hybridized carbons (Fsp3) is 0.300. The largest absolute Gasteiger partial charge is 0.496 e. The van der Waals surface area contributed by atoms with Crippen LogP contribution in [-0.2, 0) is 11.2 Å². The van der Waals surface area contributed by atoms with Gasteiger partial charge in [0.25, 0.3) is 0 Å². The van der Waals surface area contributed by atoms with Gasteiger partial charge in [0.2, 0.25) is 5.91 Å². The molecule has 0 atom stereocenters. The van der Waals surface area contributed by atoms with Crippen LogP contribution >= 0.6 is 0 Å². The molecule has 1 amide bonds. The Bertz CT molecular complexity index is 794. The highest BCUT2D eigenvalue weighted by molar-refractivity contribution is 5.88. The zero-order valence-corrected chi connectivity index (χ0v) is 15.0. The molecule has 7 heteroatoms. The second-order valence-corrected chi connectivity index (χ2v) is 5.81. The lowest BCUT2D eigenvalue weighted by atomic mass is 10.1. The van der Waals surface area contributed by atoms with Gasteiger partial charge in [0, 0.05) is 13.0 Å². The lowest BCUT2D eigenvalue weighted by Gasteiger charge is -2.10. The maximum absolute atomic E-state index is 13.4. The highest BCUT2D eigenvalue weighted by Gasteiger charge is 2.09. The number of hydrogen-bond donors (Lipinski definition) is 2. The highest BCUT2D eigenvalue weighted by atomic mass is 19.1. The maximum Gasteiger partial charge on any atom is 0.335 e. The highest BCUT2D eigenvalue weighted by Crippen LogP contribution is 2.20. The van der Waals surface area contributed by atoms with E-state index in [0.717, 1.165) is 5.56 Å². The Balaban J connectivity index is 1.70. The Morgan fingerprint density at radius 1 is 1.15 bits per heavy atom. The van der Waals surface area contributed by atoms with Gasteiger partial charge in [0.15, 0.2) is 11.6 Å². The summed E-state index contributed by atoms with van der Waals surface area (Å²) in [6.07, 6.45) is 1.25. The first-order valence-corrected chi connectivity index (χ1v) is 8.55. The summed E-state index contributed by atoms with van der Waals surface area (Å²) in [6, 6.07) is 10.8. The molecule has 0 fully saturated rings. The minimum Gasteiger partial charge on any atom is -0.496 e. The molecule has 0 bridgehead atoms. The molecule has 0 spiro atoms. The Hall–Kier alpha value is -3.09. The van der Waals surface area contributed by atoms with E-state index in [1.54, 1.807) is 24.3 Å². The van der Waals surface area contributed by atoms with Crippen LogP contribution in [0.25, 0.3) is 0 Å². The van der Waals surface area contributed by atoms with Gasteiger partial charge < -0.3 is 19.9 Å². The van der Waals surface area contributed by atoms with Gasteiger partial charge in [-0.1, -0.05) is 18.2 Å². The molecule has 0 unspecified atom stereocenters. The third-order valence-electron chi connectivity index (χ3n) is 3.89. The molecule has 144 valence electrons. The van der Waals surface area contributed by atoms with E-state index in [1.165, 1.54) is 25.3 Å². The minimum atomic E-state index is -1.02. The van der Waals surface area contributed by atoms with Crippen LogP contribution in [0.4, 0.5) is 4.39 Å². The first-order valence-electron chi connectivity index (χ1n) is 8.55. The van der Waals surface area contributed by atoms with Crippen molar-refractivity contribution in [2.75, 3.05) is 20.3 Å². The molecule has 2 aromatic rings. The molecule has 0 heterocycles. The molecule has 0 saturated carbocycles. The number of hydrogen-bond acceptors (Lipinski definition) is 4. The molecule has 2 rings (SSSR count). The summed E-state index contributed by atoms with van der Waals surface area (Å²) < 4.78 is 23.9. The number of nitrogens with one attached hydrogen (secondary N) is 1. The van der Waals surface area contributed by atoms with Gasteiger partial charge in [-0.05, 0) is 42.7 Å². The van der Waals surface area contributed by atoms with E-state index in [-0.39, 0.29) is 30.2 Å². The van der Waals surface area contributed by atoms with E-state index in [4.69, 9.17) is 14.6 Å². The van der Waals surface area contributed by atoms with Crippen molar-refractivity contribution in [3.8, 4) is 11.5 Å². The van der Waals surface area contributed by atoms with Crippen molar-refractivity contribution in [2.45, 2.75) is 19.3 Å². The monoisotopic (exact) mass is 375 g/mol. The molecular formula is C20H22FNO5. The van der Waals surface area contributed by atoms with E-state index < -0.39 is 11.8 Å². The average Bonchev–Trinajstić information content (AvgIpc) is 2.66. The Kier molecular flexibility index (Phi) is 7.61. The molecule has 0 aliphatic rings. The van der Waals surface area contributed by atoms with Gasteiger partial charge in [-0.15, -0.1) is 0 Å². The fourth-order valence-electron chi connectivity index (χ4n) is 2.49. The molecule has 0 aliphatic heterocycles. The molecule has 27 heavy (non-hydrogen) atoms. The summed E-state index contributed by atoms with van der Waals surface area (Å²) in [5.74, 6) is -0.930. The van der Waals surface area contributed by atoms with E-state index in [9.17, 15) is 14.0 Å². The van der Waals surface area contributed by atoms with Crippen LogP contribution in [0.2, 0.25) is 0 Å². The summed E-state index contributed by atoms with van der Waals surface area (Å²) >= 11 is 0. The molecule has 0 radical (unpaired) electrons. The lowest BCUT2D eigenvalue weighted by molar-refractivity contribution is -0.121. The minimum absolute atomic E-state index is 0.131. The molecule has 2 aromatic carbocycles. The first kappa shape index (κ1) is 20.2. The lowest BCUT2D eigenvalue weighted by Crippen LogP contribution is -2.26. The van der Waals surface area contributed by atoms with Gasteiger partial charge in [0.1, 0.15) is 5.75 Å². The van der Waals surface area contributed by atoms with Gasteiger partial charge in [-0.2, -0.15) is 0 Å². The summed E-state index contributed by atoms with van der Waals surface area (Å²) in [5.41, 5.74) is 0.958. The summed E-state index contributed by atoms with van der Waals surface area (Å²) in [5, 5.41) is 11.8. The molecule has 0 saturated heterocycles. The van der Waals surface area contributed by atoms with Gasteiger partial charge in [-0.25, -0.2) is 9.18 Å². The third-order valence-corrected chi connectivity index (χ3v) is 3.89. The topological polar surface area (TPSA) is 84.9 Å². The number of para-hydroxylation sites is 1. The predicted octanol–water partition coefficient (Wildman–Crippen LogP) is 3.05. The van der Waals surface area contributed by atoms with E-state index in [1.807, 2.05) is 0 Å². The smallest absolute Gasteiger partial charge is 0.335 e. The number of carboxylic acid groups (broad SMARTS) is 1. The quantitative estimate of drug-likeness (QED) is 0.624. The van der Waals surface area contributed by atoms with Crippen LogP contribution in [-0.4, -0.2) is 37.2 Å². The number of carbonyl (C=O) groups excluding carboxylic acids is 1. The normalized spacial score (nSPS) is 10.3. The van der Waals surface area contributed by atoms with Crippen molar-refractivity contribution in [3.63, 3.8) is 0 Å². The maximum atomic E-state index is 13.4. The number of halogens is 1. The van der Waals surface area contributed by atoms with Crippen LogP contribution in [0.3, 0.4) is 0 Å². The molecule has 6 nitrogen and oxygen atoms in total. The van der Waals surface area contributed by atoms with Crippen molar-refractivity contribution in [1.82, 2.24) is 5.32 Å². The van der Waals surface area contributed by atoms with Crippen molar-refractivity contribution in [3.05, 3.63) is 59.4 Å². The van der Waals surface area contributed by atoms with Crippen LogP contribution in [0, 0.1) is 5.82 Å². The number of aromatic carboxylic acids is 1. The summed E-state index contributed by atoms with van der Waals surface area (Å²) in [6.45, 7) is 0.647. The van der Waals surface area contributed by atoms with Gasteiger partial charge in [0.05, 0.1) is 19.3 Å². The van der Waals surface area contributed by atoms with Gasteiger partial charge in [-0.3, -0.25) is 4.79 Å². The van der Waals surface area contributed by atoms with Crippen LogP contribution in [0.15, 0.2) is 42.5 Å². The molecular weight excluding hydrogens is 353 g/mol. The Labute approximate surface area is 156 Å². The molecule has 2 N–H and O–H groups in total. The van der Waals surface area contributed by atoms with Crippen molar-refractivity contribution < 1.29 is 28.6 Å². The Morgan fingerprint density at radius 3 is 2.63 bits per heavy atom. The van der Waals surface area contributed by atoms with E-state index in [2.05, 4.69) is 5.32 Å². The van der Waals surface area contributed by atoms with E-state index >= 15 is 0 Å². The predicted molar refractivity (Wildman–Crippen MR) is 97.8 cm³/mol. The van der Waals surface area contributed by atoms with Crippen LogP contribution < -0.4 is 14.8 Å². The van der Waals surface area contributed by atoms with Crippen LogP contribution in [0.1, 0.15) is 28.8 Å². The summed E-state index contributed by atoms with van der Waals surface area (Å²) in [7, 11) is 1.47. The summed E-state index contributed by atoms with van der Waals surface area (Å²) in [4.78, 5) is 22.8. The molecule has 0 aliphatic carbocycles. The number of benzene rings is 2. The zero-order chi connectivity index (χ0) is 19.6. The van der Waals surface area contributed by atoms with Crippen molar-refractivity contribution in [2.24, 2.45) is 0 Å². The number of rotatable bonds is 10. The fourth-order valence-corrected chi connectivity index (χ4v) is 2.49. The van der Waals surface area contributed by atoms with Crippen molar-refractivity contribution >= 4 is 11.9 Å². The SMILES string of the molecule is COc1cc(C(=O)O)ccc1CCNC(=O)CCCOc1ccccc1F. The second kappa shape index (κ2) is 10.2. The van der Waals surface area contributed by atoms with E-state index in [0.29, 0.717) is 25.1 Å². The Morgan fingerprint density at radius 2 is 1.93 bits per heavy atom. The molecule has 0 aromatic heterocycles. The van der Waals surface area contributed by atoms with Gasteiger partial charge >= 0.3 is 5.97 Å². The zero-order valence-electron chi connectivity index (χ0n) is 15.0. The number of amides is 1.